The molecule has 1 aromatic carbocycles. The van der Waals surface area contributed by atoms with E-state index in [1.54, 1.807) is 0 Å². The molecular formula is C17H26ClNO. The van der Waals surface area contributed by atoms with Crippen LogP contribution in [0.2, 0.25) is 5.02 Å². The summed E-state index contributed by atoms with van der Waals surface area (Å²) >= 11 is 6.19. The van der Waals surface area contributed by atoms with E-state index < -0.39 is 0 Å². The minimum absolute atomic E-state index is 0.415. The maximum Gasteiger partial charge on any atom is 0.0580 e. The van der Waals surface area contributed by atoms with Crippen LogP contribution in [0.3, 0.4) is 0 Å². The maximum absolute atomic E-state index is 6.19. The van der Waals surface area contributed by atoms with Crippen molar-refractivity contribution in [3.05, 3.63) is 33.8 Å². The molecule has 1 aromatic rings. The summed E-state index contributed by atoms with van der Waals surface area (Å²) in [5, 5.41) is 4.33. The van der Waals surface area contributed by atoms with Crippen LogP contribution in [0, 0.1) is 19.8 Å². The quantitative estimate of drug-likeness (QED) is 0.838. The molecule has 112 valence electrons. The summed E-state index contributed by atoms with van der Waals surface area (Å²) in [7, 11) is 2.05. The first-order valence-corrected chi connectivity index (χ1v) is 7.98. The fraction of sp³-hybridized carbons (Fsp3) is 0.647. The molecule has 0 aromatic heterocycles. The van der Waals surface area contributed by atoms with E-state index in [2.05, 4.69) is 38.2 Å². The smallest absolute Gasteiger partial charge is 0.0580 e. The Morgan fingerprint density at radius 1 is 1.30 bits per heavy atom. The molecule has 0 aliphatic heterocycles. The summed E-state index contributed by atoms with van der Waals surface area (Å²) in [6.45, 7) is 7.13. The Balaban J connectivity index is 2.01. The van der Waals surface area contributed by atoms with Gasteiger partial charge in [0.05, 0.1) is 6.10 Å². The fourth-order valence-electron chi connectivity index (χ4n) is 3.15. The van der Waals surface area contributed by atoms with Gasteiger partial charge < -0.3 is 10.1 Å². The highest BCUT2D eigenvalue weighted by Crippen LogP contribution is 2.38. The summed E-state index contributed by atoms with van der Waals surface area (Å²) in [5.41, 5.74) is 3.82. The van der Waals surface area contributed by atoms with Crippen LogP contribution in [0.25, 0.3) is 0 Å². The third-order valence-corrected chi connectivity index (χ3v) is 4.84. The van der Waals surface area contributed by atoms with Crippen molar-refractivity contribution in [3.63, 3.8) is 0 Å². The number of ether oxygens (including phenoxy) is 1. The van der Waals surface area contributed by atoms with E-state index in [1.807, 2.05) is 7.05 Å². The van der Waals surface area contributed by atoms with Gasteiger partial charge in [0.25, 0.3) is 0 Å². The number of benzene rings is 1. The largest absolute Gasteiger partial charge is 0.378 e. The Hall–Kier alpha value is -0.570. The molecule has 0 saturated heterocycles. The van der Waals surface area contributed by atoms with Gasteiger partial charge in [0, 0.05) is 17.7 Å². The Morgan fingerprint density at radius 2 is 2.00 bits per heavy atom. The number of hydrogen-bond donors (Lipinski definition) is 1. The number of aryl methyl sites for hydroxylation is 2. The molecule has 2 nitrogen and oxygen atoms in total. The second-order valence-electron chi connectivity index (χ2n) is 5.95. The minimum Gasteiger partial charge on any atom is -0.378 e. The number of rotatable bonds is 6. The topological polar surface area (TPSA) is 21.3 Å². The molecule has 1 N–H and O–H groups in total. The predicted molar refractivity (Wildman–Crippen MR) is 85.5 cm³/mol. The van der Waals surface area contributed by atoms with Crippen LogP contribution in [-0.2, 0) is 4.74 Å². The van der Waals surface area contributed by atoms with Crippen LogP contribution >= 0.6 is 11.6 Å². The lowest BCUT2D eigenvalue weighted by Gasteiger charge is -2.37. The van der Waals surface area contributed by atoms with Crippen molar-refractivity contribution in [3.8, 4) is 0 Å². The van der Waals surface area contributed by atoms with E-state index in [4.69, 9.17) is 16.3 Å². The van der Waals surface area contributed by atoms with Crippen molar-refractivity contribution >= 4 is 11.6 Å². The second kappa shape index (κ2) is 6.93. The third-order valence-electron chi connectivity index (χ3n) is 4.44. The predicted octanol–water partition coefficient (Wildman–Crippen LogP) is 4.42. The zero-order valence-electron chi connectivity index (χ0n) is 13.0. The average molecular weight is 296 g/mol. The maximum atomic E-state index is 6.19. The van der Waals surface area contributed by atoms with Crippen LogP contribution in [0.1, 0.15) is 48.9 Å². The Kier molecular flexibility index (Phi) is 5.48. The first-order valence-electron chi connectivity index (χ1n) is 7.60. The van der Waals surface area contributed by atoms with Crippen molar-refractivity contribution in [2.45, 2.75) is 52.2 Å². The minimum atomic E-state index is 0.415. The lowest BCUT2D eigenvalue weighted by Crippen LogP contribution is -2.34. The van der Waals surface area contributed by atoms with Crippen molar-refractivity contribution in [1.29, 1.82) is 0 Å². The molecule has 0 heterocycles. The summed E-state index contributed by atoms with van der Waals surface area (Å²) < 4.78 is 5.65. The number of nitrogens with one attached hydrogen (secondary N) is 1. The highest BCUT2D eigenvalue weighted by Gasteiger charge is 2.31. The SMILES string of the molecule is CCOC1CC(CC(NC)c2cc(C)c(Cl)cc2C)C1. The molecule has 0 spiro atoms. The molecule has 0 bridgehead atoms. The third kappa shape index (κ3) is 3.55. The Morgan fingerprint density at radius 3 is 2.60 bits per heavy atom. The molecular weight excluding hydrogens is 270 g/mol. The van der Waals surface area contributed by atoms with Crippen LogP contribution in [0.15, 0.2) is 12.1 Å². The van der Waals surface area contributed by atoms with E-state index in [9.17, 15) is 0 Å². The van der Waals surface area contributed by atoms with Crippen molar-refractivity contribution < 1.29 is 4.74 Å². The number of halogens is 1. The van der Waals surface area contributed by atoms with E-state index in [0.717, 1.165) is 23.1 Å². The highest BCUT2D eigenvalue weighted by atomic mass is 35.5. The molecule has 1 saturated carbocycles. The zero-order chi connectivity index (χ0) is 14.7. The van der Waals surface area contributed by atoms with Crippen molar-refractivity contribution in [2.75, 3.05) is 13.7 Å². The summed E-state index contributed by atoms with van der Waals surface area (Å²) in [5.74, 6) is 0.777. The molecule has 1 aliphatic carbocycles. The Bertz CT molecular complexity index is 455. The van der Waals surface area contributed by atoms with Gasteiger partial charge in [0.15, 0.2) is 0 Å². The van der Waals surface area contributed by atoms with Gasteiger partial charge in [-0.1, -0.05) is 17.7 Å². The van der Waals surface area contributed by atoms with E-state index >= 15 is 0 Å². The number of hydrogen-bond acceptors (Lipinski definition) is 2. The van der Waals surface area contributed by atoms with Gasteiger partial charge in [-0.3, -0.25) is 0 Å². The first kappa shape index (κ1) is 15.8. The normalized spacial score (nSPS) is 23.4. The lowest BCUT2D eigenvalue weighted by molar-refractivity contribution is -0.0289. The van der Waals surface area contributed by atoms with Gasteiger partial charge in [0.2, 0.25) is 0 Å². The van der Waals surface area contributed by atoms with E-state index in [0.29, 0.717) is 12.1 Å². The average Bonchev–Trinajstić information content (AvgIpc) is 2.37. The highest BCUT2D eigenvalue weighted by molar-refractivity contribution is 6.31. The Labute approximate surface area is 127 Å². The van der Waals surface area contributed by atoms with Gasteiger partial charge in [0.1, 0.15) is 0 Å². The van der Waals surface area contributed by atoms with Gasteiger partial charge in [-0.2, -0.15) is 0 Å². The van der Waals surface area contributed by atoms with Crippen LogP contribution in [0.5, 0.6) is 0 Å². The van der Waals surface area contributed by atoms with Gasteiger partial charge in [-0.05, 0) is 75.8 Å². The lowest BCUT2D eigenvalue weighted by atomic mass is 9.76. The van der Waals surface area contributed by atoms with E-state index in [-0.39, 0.29) is 0 Å². The van der Waals surface area contributed by atoms with Crippen molar-refractivity contribution in [1.82, 2.24) is 5.32 Å². The van der Waals surface area contributed by atoms with Gasteiger partial charge in [-0.15, -0.1) is 0 Å². The summed E-state index contributed by atoms with van der Waals surface area (Å²) in [6.07, 6.45) is 4.09. The van der Waals surface area contributed by atoms with Crippen LogP contribution < -0.4 is 5.32 Å². The zero-order valence-corrected chi connectivity index (χ0v) is 13.8. The standard InChI is InChI=1S/C17H26ClNO/c1-5-20-14-8-13(9-14)10-17(19-4)15-6-12(3)16(18)7-11(15)2/h6-7,13-14,17,19H,5,8-10H2,1-4H3. The molecule has 1 unspecified atom stereocenters. The molecule has 20 heavy (non-hydrogen) atoms. The van der Waals surface area contributed by atoms with Crippen LogP contribution in [-0.4, -0.2) is 19.8 Å². The molecule has 0 amide bonds. The van der Waals surface area contributed by atoms with Crippen LogP contribution in [0.4, 0.5) is 0 Å². The summed E-state index contributed by atoms with van der Waals surface area (Å²) in [6, 6.07) is 4.73. The molecule has 1 atom stereocenters. The summed E-state index contributed by atoms with van der Waals surface area (Å²) in [4.78, 5) is 0. The first-order chi connectivity index (χ1) is 9.55. The molecule has 1 aliphatic rings. The van der Waals surface area contributed by atoms with E-state index in [1.165, 1.54) is 30.4 Å². The second-order valence-corrected chi connectivity index (χ2v) is 6.36. The molecule has 2 rings (SSSR count). The molecule has 1 fully saturated rings. The monoisotopic (exact) mass is 295 g/mol. The fourth-order valence-corrected chi connectivity index (χ4v) is 3.37. The molecule has 3 heteroatoms. The van der Waals surface area contributed by atoms with Gasteiger partial charge >= 0.3 is 0 Å². The molecule has 0 radical (unpaired) electrons. The van der Waals surface area contributed by atoms with Gasteiger partial charge in [-0.25, -0.2) is 0 Å². The van der Waals surface area contributed by atoms with Crippen molar-refractivity contribution in [2.24, 2.45) is 5.92 Å².